The molecule has 3 aliphatic rings. The van der Waals surface area contributed by atoms with Crippen LogP contribution in [0.3, 0.4) is 0 Å². The van der Waals surface area contributed by atoms with Crippen molar-refractivity contribution in [3.63, 3.8) is 0 Å². The molecule has 1 fully saturated rings. The fourth-order valence-electron chi connectivity index (χ4n) is 4.06. The highest BCUT2D eigenvalue weighted by atomic mass is 32.1. The van der Waals surface area contributed by atoms with E-state index in [1.165, 1.54) is 11.3 Å². The minimum Gasteiger partial charge on any atom is -0.454 e. The van der Waals surface area contributed by atoms with Crippen molar-refractivity contribution < 1.29 is 13.9 Å². The summed E-state index contributed by atoms with van der Waals surface area (Å²) in [5, 5.41) is 13.7. The number of rotatable bonds is 5. The third kappa shape index (κ3) is 3.53. The number of amides is 1. The Morgan fingerprint density at radius 2 is 2.12 bits per heavy atom. The summed E-state index contributed by atoms with van der Waals surface area (Å²) in [4.78, 5) is 17.8. The van der Waals surface area contributed by atoms with Gasteiger partial charge in [-0.2, -0.15) is 5.26 Å². The second-order valence-electron chi connectivity index (χ2n) is 7.83. The van der Waals surface area contributed by atoms with Crippen molar-refractivity contribution in [2.75, 3.05) is 30.8 Å². The second kappa shape index (κ2) is 8.15. The largest absolute Gasteiger partial charge is 0.454 e. The topological polar surface area (TPSA) is 140 Å². The zero-order valence-corrected chi connectivity index (χ0v) is 18.0. The highest BCUT2D eigenvalue weighted by Gasteiger charge is 2.25. The number of nitrogens with zero attached hydrogens (tertiary/aromatic N) is 2. The fraction of sp³-hybridized carbons (Fsp3) is 0.261. The lowest BCUT2D eigenvalue weighted by molar-refractivity contribution is 0.0699. The van der Waals surface area contributed by atoms with E-state index in [9.17, 15) is 10.1 Å². The van der Waals surface area contributed by atoms with Gasteiger partial charge in [-0.15, -0.1) is 11.3 Å². The molecule has 32 heavy (non-hydrogen) atoms. The molecule has 1 saturated heterocycles. The summed E-state index contributed by atoms with van der Waals surface area (Å²) in [6.07, 6.45) is 1.94. The quantitative estimate of drug-likeness (QED) is 0.419. The maximum Gasteiger partial charge on any atom is 0.259 e. The minimum absolute atomic E-state index is 0.291. The Bertz CT molecular complexity index is 1330. The molecule has 162 valence electrons. The fourth-order valence-corrected chi connectivity index (χ4v) is 5.07. The number of nitriles is 1. The number of nitrogens with two attached hydrogens (primary N) is 2. The Labute approximate surface area is 188 Å². The van der Waals surface area contributed by atoms with Gasteiger partial charge in [0.25, 0.3) is 5.91 Å². The molecule has 0 bridgehead atoms. The van der Waals surface area contributed by atoms with Crippen molar-refractivity contribution in [3.8, 4) is 28.7 Å². The van der Waals surface area contributed by atoms with E-state index in [2.05, 4.69) is 16.4 Å². The molecule has 5 rings (SSSR count). The third-order valence-corrected chi connectivity index (χ3v) is 6.86. The van der Waals surface area contributed by atoms with Crippen molar-refractivity contribution in [2.45, 2.75) is 12.8 Å². The maximum absolute atomic E-state index is 12.3. The van der Waals surface area contributed by atoms with Crippen LogP contribution >= 0.6 is 11.3 Å². The summed E-state index contributed by atoms with van der Waals surface area (Å²) >= 11 is 1.17. The number of hydrogen-bond acceptors (Lipinski definition) is 8. The van der Waals surface area contributed by atoms with Gasteiger partial charge < -0.3 is 25.9 Å². The SMILES string of the molecule is N#Cc1cc2c(-c3oc4cccc-4cc3N)c(C(N)=O)sc2nc1NCC1CCOCC1. The number of aromatic nitrogens is 1. The summed E-state index contributed by atoms with van der Waals surface area (Å²) in [6, 6.07) is 11.3. The van der Waals surface area contributed by atoms with Gasteiger partial charge in [0.1, 0.15) is 27.4 Å². The number of hydrogen-bond donors (Lipinski definition) is 3. The molecule has 8 nitrogen and oxygen atoms in total. The van der Waals surface area contributed by atoms with E-state index >= 15 is 0 Å². The third-order valence-electron chi connectivity index (χ3n) is 5.75. The van der Waals surface area contributed by atoms with Crippen LogP contribution in [0.4, 0.5) is 11.5 Å². The van der Waals surface area contributed by atoms with E-state index in [0.717, 1.165) is 31.6 Å². The predicted octanol–water partition coefficient (Wildman–Crippen LogP) is 4.05. The molecule has 0 aromatic carbocycles. The van der Waals surface area contributed by atoms with Crippen LogP contribution < -0.4 is 16.8 Å². The summed E-state index contributed by atoms with van der Waals surface area (Å²) in [5.41, 5.74) is 14.1. The lowest BCUT2D eigenvalue weighted by Gasteiger charge is -2.22. The standard InChI is InChI=1S/C23H21N5O3S/c24-10-14-8-15-18(19-16(25)9-13-2-1-3-17(13)31-19)20(21(26)29)32-23(15)28-22(14)27-11-12-4-6-30-7-5-12/h1-3,8-9,12H,4-7,11,25H2,(H2,26,29)(H,27,28). The van der Waals surface area contributed by atoms with Crippen LogP contribution in [0.25, 0.3) is 32.9 Å². The first-order chi connectivity index (χ1) is 15.5. The van der Waals surface area contributed by atoms with Crippen molar-refractivity contribution in [1.29, 1.82) is 5.26 Å². The van der Waals surface area contributed by atoms with Crippen LogP contribution in [0.5, 0.6) is 0 Å². The van der Waals surface area contributed by atoms with Crippen LogP contribution in [0, 0.1) is 17.2 Å². The van der Waals surface area contributed by atoms with Crippen molar-refractivity contribution in [2.24, 2.45) is 11.7 Å². The van der Waals surface area contributed by atoms with Gasteiger partial charge in [0.05, 0.1) is 16.8 Å². The molecule has 0 spiro atoms. The predicted molar refractivity (Wildman–Crippen MR) is 124 cm³/mol. The van der Waals surface area contributed by atoms with E-state index < -0.39 is 5.91 Å². The van der Waals surface area contributed by atoms with Gasteiger partial charge in [-0.05, 0) is 37.0 Å². The summed E-state index contributed by atoms with van der Waals surface area (Å²) in [6.45, 7) is 2.20. The molecule has 0 unspecified atom stereocenters. The van der Waals surface area contributed by atoms with E-state index in [0.29, 0.717) is 61.7 Å². The molecular formula is C23H21N5O3S. The summed E-state index contributed by atoms with van der Waals surface area (Å²) in [5.74, 6) is 1.34. The van der Waals surface area contributed by atoms with Crippen LogP contribution in [0.1, 0.15) is 28.1 Å². The molecule has 1 aliphatic carbocycles. The summed E-state index contributed by atoms with van der Waals surface area (Å²) in [7, 11) is 0. The Balaban J connectivity index is 1.62. The first-order valence-electron chi connectivity index (χ1n) is 10.3. The zero-order chi connectivity index (χ0) is 22.2. The van der Waals surface area contributed by atoms with Crippen molar-refractivity contribution in [3.05, 3.63) is 40.8 Å². The normalized spacial score (nSPS) is 14.6. The molecule has 2 aromatic heterocycles. The molecular weight excluding hydrogens is 426 g/mol. The van der Waals surface area contributed by atoms with Crippen LogP contribution in [0.15, 0.2) is 34.7 Å². The number of carbonyl (C=O) groups is 1. The Kier molecular flexibility index (Phi) is 5.17. The molecule has 0 radical (unpaired) electrons. The number of nitrogen functional groups attached to an aromatic ring is 1. The monoisotopic (exact) mass is 447 g/mol. The number of carbonyl (C=O) groups excluding carboxylic acids is 1. The highest BCUT2D eigenvalue weighted by Crippen LogP contribution is 2.44. The molecule has 1 amide bonds. The van der Waals surface area contributed by atoms with Crippen molar-refractivity contribution in [1.82, 2.24) is 4.98 Å². The molecule has 0 saturated carbocycles. The van der Waals surface area contributed by atoms with Crippen LogP contribution in [0.2, 0.25) is 0 Å². The van der Waals surface area contributed by atoms with Gasteiger partial charge in [0.15, 0.2) is 5.76 Å². The van der Waals surface area contributed by atoms with E-state index in [4.69, 9.17) is 20.6 Å². The molecule has 2 aromatic rings. The molecule has 0 atom stereocenters. The first kappa shape index (κ1) is 20.3. The van der Waals surface area contributed by atoms with E-state index in [1.807, 2.05) is 18.2 Å². The number of fused-ring (bicyclic) bond motifs is 2. The zero-order valence-electron chi connectivity index (χ0n) is 17.2. The smallest absolute Gasteiger partial charge is 0.259 e. The number of ether oxygens (including phenoxy) is 1. The van der Waals surface area contributed by atoms with Gasteiger partial charge in [0, 0.05) is 30.7 Å². The van der Waals surface area contributed by atoms with E-state index in [-0.39, 0.29) is 0 Å². The summed E-state index contributed by atoms with van der Waals surface area (Å²) < 4.78 is 11.5. The highest BCUT2D eigenvalue weighted by molar-refractivity contribution is 7.21. The lowest BCUT2D eigenvalue weighted by atomic mass is 10.0. The van der Waals surface area contributed by atoms with Crippen molar-refractivity contribution >= 4 is 39.0 Å². The van der Waals surface area contributed by atoms with Gasteiger partial charge in [-0.3, -0.25) is 4.79 Å². The number of primary amides is 1. The Morgan fingerprint density at radius 1 is 1.31 bits per heavy atom. The molecule has 5 N–H and O–H groups in total. The van der Waals surface area contributed by atoms with Gasteiger partial charge in [-0.1, -0.05) is 12.1 Å². The van der Waals surface area contributed by atoms with E-state index in [1.54, 1.807) is 12.1 Å². The second-order valence-corrected chi connectivity index (χ2v) is 8.83. The number of thiophene rings is 1. The minimum atomic E-state index is -0.601. The average Bonchev–Trinajstić information content (AvgIpc) is 3.40. The van der Waals surface area contributed by atoms with Gasteiger partial charge in [-0.25, -0.2) is 4.98 Å². The number of nitrogens with one attached hydrogen (secondary N) is 1. The Hall–Kier alpha value is -3.61. The average molecular weight is 448 g/mol. The Morgan fingerprint density at radius 3 is 2.88 bits per heavy atom. The van der Waals surface area contributed by atoms with Gasteiger partial charge >= 0.3 is 0 Å². The first-order valence-corrected chi connectivity index (χ1v) is 11.1. The maximum atomic E-state index is 12.3. The number of anilines is 2. The molecule has 2 aliphatic heterocycles. The lowest BCUT2D eigenvalue weighted by Crippen LogP contribution is -2.23. The van der Waals surface area contributed by atoms with Gasteiger partial charge in [0.2, 0.25) is 0 Å². The van der Waals surface area contributed by atoms with Crippen LogP contribution in [-0.4, -0.2) is 30.6 Å². The molecule has 4 heterocycles. The number of pyridine rings is 1. The van der Waals surface area contributed by atoms with Crippen LogP contribution in [-0.2, 0) is 4.74 Å². The molecule has 9 heteroatoms.